The summed E-state index contributed by atoms with van der Waals surface area (Å²) in [7, 11) is 0. The number of halogens is 1. The Balaban J connectivity index is 0. The summed E-state index contributed by atoms with van der Waals surface area (Å²) in [6, 6.07) is 0. The summed E-state index contributed by atoms with van der Waals surface area (Å²) in [5.41, 5.74) is 16.3. The fourth-order valence-corrected chi connectivity index (χ4v) is 0.977. The topological polar surface area (TPSA) is 124 Å². The lowest BCUT2D eigenvalue weighted by Gasteiger charge is -2.00. The Labute approximate surface area is 109 Å². The first-order valence-corrected chi connectivity index (χ1v) is 5.53. The van der Waals surface area contributed by atoms with Crippen LogP contribution in [0.2, 0.25) is 0 Å². The standard InChI is InChI=1S/C6H15N5.C3H8N2.ClH/c1-2-3-4-10-6(9)11-5(7)8;1-2-4-5-3-1;/h2-4H2,1H3,(H6,7,8,9,10,11);4-5H,1-3H2;1H. The van der Waals surface area contributed by atoms with E-state index in [1.807, 2.05) is 0 Å². The SMILES string of the molecule is C1CNNC1.CCCCN=C(N)NC(=N)N.Cl. The van der Waals surface area contributed by atoms with Crippen LogP contribution >= 0.6 is 12.4 Å². The van der Waals surface area contributed by atoms with E-state index in [1.54, 1.807) is 0 Å². The number of guanidine groups is 2. The van der Waals surface area contributed by atoms with Crippen molar-refractivity contribution >= 4 is 24.3 Å². The van der Waals surface area contributed by atoms with Crippen LogP contribution in [0.3, 0.4) is 0 Å². The summed E-state index contributed by atoms with van der Waals surface area (Å²) in [5.74, 6) is 0.0358. The van der Waals surface area contributed by atoms with E-state index in [0.717, 1.165) is 25.9 Å². The van der Waals surface area contributed by atoms with Gasteiger partial charge >= 0.3 is 0 Å². The molecule has 1 saturated heterocycles. The van der Waals surface area contributed by atoms with Crippen molar-refractivity contribution in [2.75, 3.05) is 19.6 Å². The lowest BCUT2D eigenvalue weighted by Crippen LogP contribution is -2.40. The van der Waals surface area contributed by atoms with Crippen molar-refractivity contribution in [3.63, 3.8) is 0 Å². The maximum Gasteiger partial charge on any atom is 0.195 e. The van der Waals surface area contributed by atoms with Gasteiger partial charge in [-0.3, -0.25) is 26.6 Å². The zero-order valence-electron chi connectivity index (χ0n) is 10.3. The molecular weight excluding hydrogens is 242 g/mol. The van der Waals surface area contributed by atoms with Crippen LogP contribution in [0.1, 0.15) is 26.2 Å². The molecule has 102 valence electrons. The fourth-order valence-electron chi connectivity index (χ4n) is 0.977. The van der Waals surface area contributed by atoms with Gasteiger partial charge in [0.2, 0.25) is 0 Å². The first-order valence-electron chi connectivity index (χ1n) is 5.53. The monoisotopic (exact) mass is 265 g/mol. The van der Waals surface area contributed by atoms with E-state index in [9.17, 15) is 0 Å². The highest BCUT2D eigenvalue weighted by Crippen LogP contribution is 1.85. The third-order valence-electron chi connectivity index (χ3n) is 1.79. The molecule has 0 amide bonds. The Morgan fingerprint density at radius 3 is 2.29 bits per heavy atom. The zero-order chi connectivity index (χ0) is 12.2. The van der Waals surface area contributed by atoms with Crippen molar-refractivity contribution in [1.82, 2.24) is 16.2 Å². The molecule has 7 nitrogen and oxygen atoms in total. The first kappa shape index (κ1) is 18.3. The average molecular weight is 266 g/mol. The molecule has 1 rings (SSSR count). The maximum atomic E-state index is 6.81. The van der Waals surface area contributed by atoms with E-state index in [0.29, 0.717) is 6.54 Å². The highest BCUT2D eigenvalue weighted by Gasteiger charge is 1.91. The molecule has 1 aliphatic heterocycles. The normalized spacial score (nSPS) is 14.3. The van der Waals surface area contributed by atoms with E-state index in [1.165, 1.54) is 6.42 Å². The molecule has 17 heavy (non-hydrogen) atoms. The minimum atomic E-state index is -0.178. The van der Waals surface area contributed by atoms with Crippen molar-refractivity contribution in [1.29, 1.82) is 5.41 Å². The number of nitrogens with one attached hydrogen (secondary N) is 4. The van der Waals surface area contributed by atoms with Crippen LogP contribution in [0.4, 0.5) is 0 Å². The minimum Gasteiger partial charge on any atom is -0.370 e. The van der Waals surface area contributed by atoms with E-state index in [-0.39, 0.29) is 24.3 Å². The number of rotatable bonds is 3. The van der Waals surface area contributed by atoms with E-state index < -0.39 is 0 Å². The van der Waals surface area contributed by atoms with Gasteiger partial charge in [-0.15, -0.1) is 12.4 Å². The van der Waals surface area contributed by atoms with E-state index in [2.05, 4.69) is 28.1 Å². The molecule has 1 heterocycles. The summed E-state index contributed by atoms with van der Waals surface area (Å²) in [5, 5.41) is 9.20. The molecule has 8 heteroatoms. The van der Waals surface area contributed by atoms with Crippen LogP contribution in [-0.4, -0.2) is 31.6 Å². The Morgan fingerprint density at radius 2 is 1.94 bits per heavy atom. The van der Waals surface area contributed by atoms with Crippen molar-refractivity contribution < 1.29 is 0 Å². The average Bonchev–Trinajstić information content (AvgIpc) is 2.74. The molecule has 0 aromatic heterocycles. The van der Waals surface area contributed by atoms with Crippen LogP contribution in [0, 0.1) is 5.41 Å². The largest absolute Gasteiger partial charge is 0.370 e. The first-order chi connectivity index (χ1) is 7.66. The molecule has 0 bridgehead atoms. The molecule has 0 spiro atoms. The van der Waals surface area contributed by atoms with Gasteiger partial charge in [0, 0.05) is 19.6 Å². The second kappa shape index (κ2) is 13.0. The summed E-state index contributed by atoms with van der Waals surface area (Å²) >= 11 is 0. The third kappa shape index (κ3) is 14.9. The smallest absolute Gasteiger partial charge is 0.195 e. The lowest BCUT2D eigenvalue weighted by atomic mass is 10.3. The molecule has 0 aliphatic carbocycles. The highest BCUT2D eigenvalue weighted by atomic mass is 35.5. The van der Waals surface area contributed by atoms with Gasteiger partial charge in [0.05, 0.1) is 0 Å². The summed E-state index contributed by atoms with van der Waals surface area (Å²) in [6.07, 6.45) is 3.36. The fraction of sp³-hybridized carbons (Fsp3) is 0.778. The number of hydrogen-bond donors (Lipinski definition) is 6. The Bertz CT molecular complexity index is 208. The van der Waals surface area contributed by atoms with Crippen LogP contribution in [0.15, 0.2) is 4.99 Å². The van der Waals surface area contributed by atoms with Gasteiger partial charge in [-0.25, -0.2) is 0 Å². The highest BCUT2D eigenvalue weighted by molar-refractivity contribution is 5.95. The predicted molar refractivity (Wildman–Crippen MR) is 74.3 cm³/mol. The summed E-state index contributed by atoms with van der Waals surface area (Å²) in [4.78, 5) is 3.92. The van der Waals surface area contributed by atoms with E-state index >= 15 is 0 Å². The number of aliphatic imine (C=N–C) groups is 1. The molecule has 0 radical (unpaired) electrons. The molecular formula is C9H24ClN7. The van der Waals surface area contributed by atoms with Gasteiger partial charge < -0.3 is 11.5 Å². The molecule has 8 N–H and O–H groups in total. The number of nitrogens with two attached hydrogens (primary N) is 2. The molecule has 1 aliphatic rings. The zero-order valence-corrected chi connectivity index (χ0v) is 11.1. The predicted octanol–water partition coefficient (Wildman–Crippen LogP) is -0.510. The second-order valence-electron chi connectivity index (χ2n) is 3.37. The third-order valence-corrected chi connectivity index (χ3v) is 1.79. The van der Waals surface area contributed by atoms with Gasteiger partial charge in [0.25, 0.3) is 0 Å². The van der Waals surface area contributed by atoms with Gasteiger partial charge in [-0.1, -0.05) is 13.3 Å². The van der Waals surface area contributed by atoms with E-state index in [4.69, 9.17) is 16.9 Å². The summed E-state index contributed by atoms with van der Waals surface area (Å²) < 4.78 is 0. The molecule has 0 aromatic rings. The van der Waals surface area contributed by atoms with Gasteiger partial charge in [0.1, 0.15) is 0 Å². The summed E-state index contributed by atoms with van der Waals surface area (Å²) in [6.45, 7) is 5.03. The number of nitrogens with zero attached hydrogens (tertiary/aromatic N) is 1. The molecule has 0 saturated carbocycles. The van der Waals surface area contributed by atoms with Crippen molar-refractivity contribution in [2.24, 2.45) is 16.5 Å². The van der Waals surface area contributed by atoms with Crippen LogP contribution in [0.25, 0.3) is 0 Å². The minimum absolute atomic E-state index is 0. The Hall–Kier alpha value is -1.05. The van der Waals surface area contributed by atoms with Crippen molar-refractivity contribution in [2.45, 2.75) is 26.2 Å². The van der Waals surface area contributed by atoms with Gasteiger partial charge in [-0.05, 0) is 12.8 Å². The van der Waals surface area contributed by atoms with Crippen molar-refractivity contribution in [3.8, 4) is 0 Å². The second-order valence-corrected chi connectivity index (χ2v) is 3.37. The van der Waals surface area contributed by atoms with Gasteiger partial charge in [0.15, 0.2) is 11.9 Å². The van der Waals surface area contributed by atoms with Crippen molar-refractivity contribution in [3.05, 3.63) is 0 Å². The molecule has 0 atom stereocenters. The van der Waals surface area contributed by atoms with Crippen LogP contribution in [-0.2, 0) is 0 Å². The maximum absolute atomic E-state index is 6.81. The van der Waals surface area contributed by atoms with Gasteiger partial charge in [-0.2, -0.15) is 0 Å². The number of hydrazine groups is 1. The molecule has 1 fully saturated rings. The quantitative estimate of drug-likeness (QED) is 0.233. The van der Waals surface area contributed by atoms with Crippen LogP contribution < -0.4 is 27.6 Å². The lowest BCUT2D eigenvalue weighted by molar-refractivity contribution is 0.689. The number of hydrogen-bond acceptors (Lipinski definition) is 4. The Morgan fingerprint density at radius 1 is 1.35 bits per heavy atom. The Kier molecular flexibility index (Phi) is 14.0. The number of unbranched alkanes of at least 4 members (excludes halogenated alkanes) is 1. The molecule has 0 unspecified atom stereocenters. The van der Waals surface area contributed by atoms with Crippen LogP contribution in [0.5, 0.6) is 0 Å². The molecule has 0 aromatic carbocycles.